The molecule has 1 aliphatic carbocycles. The fourth-order valence-corrected chi connectivity index (χ4v) is 4.36. The molecule has 1 aliphatic rings. The van der Waals surface area contributed by atoms with Crippen LogP contribution in [-0.4, -0.2) is 43.2 Å². The van der Waals surface area contributed by atoms with Crippen molar-refractivity contribution < 1.29 is 27.3 Å². The predicted molar refractivity (Wildman–Crippen MR) is 136 cm³/mol. The molecule has 0 aliphatic heterocycles. The highest BCUT2D eigenvalue weighted by molar-refractivity contribution is 7.85. The summed E-state index contributed by atoms with van der Waals surface area (Å²) in [7, 11) is -4.51. The highest BCUT2D eigenvalue weighted by Crippen LogP contribution is 2.40. The van der Waals surface area contributed by atoms with Crippen LogP contribution in [0.1, 0.15) is 53.9 Å². The van der Waals surface area contributed by atoms with E-state index < -0.39 is 33.8 Å². The van der Waals surface area contributed by atoms with E-state index in [-0.39, 0.29) is 12.0 Å². The second-order valence-electron chi connectivity index (χ2n) is 9.15. The van der Waals surface area contributed by atoms with Gasteiger partial charge in [0.2, 0.25) is 5.91 Å². The molecule has 0 aromatic heterocycles. The maximum atomic E-state index is 12.2. The highest BCUT2D eigenvalue weighted by Gasteiger charge is 2.27. The van der Waals surface area contributed by atoms with Gasteiger partial charge in [0, 0.05) is 6.08 Å². The lowest BCUT2D eigenvalue weighted by Gasteiger charge is -2.32. The molecule has 0 fully saturated rings. The number of amides is 1. The average Bonchev–Trinajstić information content (AvgIpc) is 2.69. The molecule has 188 valence electrons. The van der Waals surface area contributed by atoms with Gasteiger partial charge in [0.25, 0.3) is 10.1 Å². The summed E-state index contributed by atoms with van der Waals surface area (Å²) in [5.41, 5.74) is 4.62. The number of rotatable bonds is 11. The third-order valence-electron chi connectivity index (χ3n) is 5.45. The molecule has 1 atom stereocenters. The molecule has 0 bridgehead atoms. The van der Waals surface area contributed by atoms with Crippen LogP contribution in [0.5, 0.6) is 0 Å². The number of allylic oxidation sites excluding steroid dienone is 9. The summed E-state index contributed by atoms with van der Waals surface area (Å²) >= 11 is 0. The van der Waals surface area contributed by atoms with Crippen molar-refractivity contribution >= 4 is 22.0 Å². The number of hydrogen-bond acceptors (Lipinski definition) is 5. The van der Waals surface area contributed by atoms with Crippen molar-refractivity contribution in [2.75, 3.05) is 12.4 Å². The van der Waals surface area contributed by atoms with Crippen LogP contribution in [0, 0.1) is 5.41 Å². The monoisotopic (exact) mass is 491 g/mol. The first-order valence-corrected chi connectivity index (χ1v) is 12.8. The van der Waals surface area contributed by atoms with E-state index in [1.807, 2.05) is 13.0 Å². The van der Waals surface area contributed by atoms with Gasteiger partial charge in [0.1, 0.15) is 18.4 Å². The zero-order chi connectivity index (χ0) is 25.9. The molecule has 1 rings (SSSR count). The second-order valence-corrected chi connectivity index (χ2v) is 10.6. The molecule has 0 aromatic carbocycles. The number of carbonyl (C=O) groups excluding carboxylic acids is 2. The normalized spacial score (nSPS) is 18.3. The van der Waals surface area contributed by atoms with Crippen molar-refractivity contribution in [3.8, 4) is 0 Å². The summed E-state index contributed by atoms with van der Waals surface area (Å²) in [4.78, 5) is 24.2. The fraction of sp³-hybridized carbons (Fsp3) is 0.462. The smallest absolute Gasteiger partial charge is 0.330 e. The van der Waals surface area contributed by atoms with E-state index in [1.54, 1.807) is 19.1 Å². The van der Waals surface area contributed by atoms with Gasteiger partial charge in [-0.2, -0.15) is 8.42 Å². The lowest BCUT2D eigenvalue weighted by molar-refractivity contribution is -0.145. The minimum atomic E-state index is -4.51. The molecule has 7 nitrogen and oxygen atoms in total. The van der Waals surface area contributed by atoms with Crippen molar-refractivity contribution in [3.63, 3.8) is 0 Å². The zero-order valence-corrected chi connectivity index (χ0v) is 21.6. The van der Waals surface area contributed by atoms with Gasteiger partial charge in [-0.15, -0.1) is 0 Å². The van der Waals surface area contributed by atoms with Crippen LogP contribution in [0.4, 0.5) is 0 Å². The van der Waals surface area contributed by atoms with Gasteiger partial charge in [-0.25, -0.2) is 4.79 Å². The Morgan fingerprint density at radius 3 is 2.50 bits per heavy atom. The lowest BCUT2D eigenvalue weighted by Crippen LogP contribution is -2.45. The van der Waals surface area contributed by atoms with Gasteiger partial charge in [-0.1, -0.05) is 68.0 Å². The summed E-state index contributed by atoms with van der Waals surface area (Å²) in [6.07, 6.45) is 15.8. The Balaban J connectivity index is 2.82. The topological polar surface area (TPSA) is 110 Å². The molecule has 1 unspecified atom stereocenters. The van der Waals surface area contributed by atoms with E-state index in [0.29, 0.717) is 5.57 Å². The van der Waals surface area contributed by atoms with Gasteiger partial charge >= 0.3 is 5.97 Å². The fourth-order valence-electron chi connectivity index (χ4n) is 3.72. The Kier molecular flexibility index (Phi) is 11.4. The molecule has 0 saturated heterocycles. The molecule has 0 radical (unpaired) electrons. The highest BCUT2D eigenvalue weighted by atomic mass is 32.2. The molecular formula is C26H37NO6S. The second kappa shape index (κ2) is 13.2. The molecule has 34 heavy (non-hydrogen) atoms. The van der Waals surface area contributed by atoms with E-state index in [4.69, 9.17) is 9.29 Å². The van der Waals surface area contributed by atoms with Gasteiger partial charge < -0.3 is 10.1 Å². The van der Waals surface area contributed by atoms with E-state index in [9.17, 15) is 18.0 Å². The third-order valence-corrected chi connectivity index (χ3v) is 6.21. The number of ether oxygens (including phenoxy) is 1. The van der Waals surface area contributed by atoms with Crippen LogP contribution in [0.15, 0.2) is 71.4 Å². The minimum absolute atomic E-state index is 0.150. The Hall–Kier alpha value is -2.71. The van der Waals surface area contributed by atoms with Crippen LogP contribution < -0.4 is 5.32 Å². The Morgan fingerprint density at radius 2 is 1.91 bits per heavy atom. The van der Waals surface area contributed by atoms with Crippen molar-refractivity contribution in [2.24, 2.45) is 5.41 Å². The van der Waals surface area contributed by atoms with Crippen LogP contribution in [0.2, 0.25) is 0 Å². The van der Waals surface area contributed by atoms with Gasteiger partial charge in [0.05, 0.1) is 0 Å². The Labute approximate surface area is 203 Å². The predicted octanol–water partition coefficient (Wildman–Crippen LogP) is 4.62. The lowest BCUT2D eigenvalue weighted by atomic mass is 9.72. The van der Waals surface area contributed by atoms with E-state index in [2.05, 4.69) is 44.8 Å². The number of esters is 1. The standard InChI is InChI=1S/C26H37NO6S/c1-7-16-33-25(29)23(18-34(30,31)32)27-24(28)17-20(3)11-8-10-19(2)13-14-22-21(4)12-9-15-26(22,5)6/h7-8,10-11,13-14,17,23H,1,9,12,15-16,18H2,2-6H3,(H,27,28)(H,30,31,32)/b11-8+,14-13+,19-10+,20-17+. The maximum absolute atomic E-state index is 12.2. The van der Waals surface area contributed by atoms with E-state index >= 15 is 0 Å². The third kappa shape index (κ3) is 10.9. The van der Waals surface area contributed by atoms with Gasteiger partial charge in [-0.05, 0) is 56.6 Å². The number of hydrogen-bond donors (Lipinski definition) is 2. The maximum Gasteiger partial charge on any atom is 0.330 e. The quantitative estimate of drug-likeness (QED) is 0.143. The van der Waals surface area contributed by atoms with Crippen LogP contribution in [0.3, 0.4) is 0 Å². The molecular weight excluding hydrogens is 454 g/mol. The summed E-state index contributed by atoms with van der Waals surface area (Å²) in [5, 5.41) is 2.25. The van der Waals surface area contributed by atoms with Crippen molar-refractivity contribution in [2.45, 2.75) is 59.9 Å². The van der Waals surface area contributed by atoms with Crippen molar-refractivity contribution in [1.29, 1.82) is 0 Å². The summed E-state index contributed by atoms with van der Waals surface area (Å²) in [5.74, 6) is -2.66. The number of nitrogens with one attached hydrogen (secondary N) is 1. The summed E-state index contributed by atoms with van der Waals surface area (Å²) in [6.45, 7) is 13.7. The molecule has 0 aromatic rings. The van der Waals surface area contributed by atoms with Gasteiger partial charge in [-0.3, -0.25) is 9.35 Å². The molecule has 2 N–H and O–H groups in total. The summed E-state index contributed by atoms with van der Waals surface area (Å²) in [6, 6.07) is -1.54. The largest absolute Gasteiger partial charge is 0.460 e. The first-order chi connectivity index (χ1) is 15.7. The van der Waals surface area contributed by atoms with E-state index in [1.165, 1.54) is 36.1 Å². The van der Waals surface area contributed by atoms with Crippen LogP contribution in [-0.2, 0) is 24.4 Å². The van der Waals surface area contributed by atoms with Crippen molar-refractivity contribution in [1.82, 2.24) is 5.32 Å². The zero-order valence-electron chi connectivity index (χ0n) is 20.8. The van der Waals surface area contributed by atoms with Crippen molar-refractivity contribution in [3.05, 3.63) is 71.4 Å². The first-order valence-electron chi connectivity index (χ1n) is 11.2. The summed E-state index contributed by atoms with van der Waals surface area (Å²) < 4.78 is 36.2. The average molecular weight is 492 g/mol. The van der Waals surface area contributed by atoms with Crippen LogP contribution >= 0.6 is 0 Å². The molecule has 0 saturated carbocycles. The molecule has 8 heteroatoms. The molecule has 0 heterocycles. The first kappa shape index (κ1) is 29.3. The van der Waals surface area contributed by atoms with Gasteiger partial charge in [0.15, 0.2) is 0 Å². The van der Waals surface area contributed by atoms with Crippen LogP contribution in [0.25, 0.3) is 0 Å². The SMILES string of the molecule is C=CCOC(=O)C(CS(=O)(=O)O)NC(=O)/C=C(C)/C=C/C=C(C)/C=C/C1=C(C)CCCC1(C)C. The Bertz CT molecular complexity index is 1030. The molecule has 1 amide bonds. The van der Waals surface area contributed by atoms with E-state index in [0.717, 1.165) is 12.0 Å². The molecule has 0 spiro atoms. The Morgan fingerprint density at radius 1 is 1.24 bits per heavy atom. The minimum Gasteiger partial charge on any atom is -0.460 e. The number of carbonyl (C=O) groups is 2.